The van der Waals surface area contributed by atoms with Gasteiger partial charge in [-0.1, -0.05) is 20.8 Å². The van der Waals surface area contributed by atoms with E-state index in [4.69, 9.17) is 0 Å². The summed E-state index contributed by atoms with van der Waals surface area (Å²) < 4.78 is 0. The smallest absolute Gasteiger partial charge is 0.0832 e. The van der Waals surface area contributed by atoms with E-state index in [0.717, 1.165) is 12.8 Å². The summed E-state index contributed by atoms with van der Waals surface area (Å²) in [6.07, 6.45) is 1.08. The molecule has 1 saturated carbocycles. The highest BCUT2D eigenvalue weighted by Crippen LogP contribution is 2.33. The molecule has 12 heavy (non-hydrogen) atoms. The van der Waals surface area contributed by atoms with Crippen LogP contribution in [0.1, 0.15) is 33.6 Å². The molecule has 1 aliphatic carbocycles. The minimum Gasteiger partial charge on any atom is -0.390 e. The van der Waals surface area contributed by atoms with Crippen LogP contribution in [0, 0.1) is 17.8 Å². The van der Waals surface area contributed by atoms with Gasteiger partial charge in [-0.15, -0.1) is 0 Å². The Morgan fingerprint density at radius 1 is 1.08 bits per heavy atom. The molecule has 0 aromatic rings. The van der Waals surface area contributed by atoms with Crippen LogP contribution >= 0.6 is 0 Å². The van der Waals surface area contributed by atoms with Crippen LogP contribution in [0.2, 0.25) is 0 Å². The van der Waals surface area contributed by atoms with Crippen molar-refractivity contribution in [2.24, 2.45) is 17.8 Å². The molecular weight excluding hydrogens is 152 g/mol. The second-order valence-corrected chi connectivity index (χ2v) is 4.44. The Morgan fingerprint density at radius 2 is 1.67 bits per heavy atom. The molecular formula is C10H20O2. The average molecular weight is 172 g/mol. The van der Waals surface area contributed by atoms with E-state index in [1.807, 2.05) is 6.92 Å². The van der Waals surface area contributed by atoms with Crippen molar-refractivity contribution in [2.45, 2.75) is 45.8 Å². The number of aliphatic hydroxyl groups excluding tert-OH is 2. The highest BCUT2D eigenvalue weighted by molar-refractivity contribution is 4.86. The Bertz CT molecular complexity index is 145. The van der Waals surface area contributed by atoms with Crippen molar-refractivity contribution < 1.29 is 10.2 Å². The summed E-state index contributed by atoms with van der Waals surface area (Å²) in [6.45, 7) is 6.22. The van der Waals surface area contributed by atoms with E-state index < -0.39 is 12.2 Å². The summed E-state index contributed by atoms with van der Waals surface area (Å²) in [5, 5.41) is 19.3. The quantitative estimate of drug-likeness (QED) is 0.628. The van der Waals surface area contributed by atoms with Crippen LogP contribution in [0.4, 0.5) is 0 Å². The molecule has 1 fully saturated rings. The topological polar surface area (TPSA) is 40.5 Å². The number of hydrogen-bond acceptors (Lipinski definition) is 2. The first-order valence-electron chi connectivity index (χ1n) is 4.90. The van der Waals surface area contributed by atoms with Gasteiger partial charge in [-0.25, -0.2) is 0 Å². The lowest BCUT2D eigenvalue weighted by atomic mass is 9.74. The number of rotatable bonds is 1. The van der Waals surface area contributed by atoms with Gasteiger partial charge in [-0.05, 0) is 30.6 Å². The van der Waals surface area contributed by atoms with E-state index in [1.54, 1.807) is 0 Å². The lowest BCUT2D eigenvalue weighted by Crippen LogP contribution is -2.44. The first-order chi connectivity index (χ1) is 5.54. The third-order valence-corrected chi connectivity index (χ3v) is 3.18. The molecule has 4 atom stereocenters. The van der Waals surface area contributed by atoms with Crippen molar-refractivity contribution in [1.82, 2.24) is 0 Å². The molecule has 0 aliphatic heterocycles. The first-order valence-corrected chi connectivity index (χ1v) is 4.90. The molecule has 2 nitrogen and oxygen atoms in total. The summed E-state index contributed by atoms with van der Waals surface area (Å²) in [6, 6.07) is 0. The van der Waals surface area contributed by atoms with E-state index in [-0.39, 0.29) is 11.8 Å². The van der Waals surface area contributed by atoms with Gasteiger partial charge in [-0.2, -0.15) is 0 Å². The molecule has 0 aromatic heterocycles. The lowest BCUT2D eigenvalue weighted by Gasteiger charge is -2.38. The van der Waals surface area contributed by atoms with Crippen molar-refractivity contribution in [3.05, 3.63) is 0 Å². The number of hydrogen-bond donors (Lipinski definition) is 2. The Balaban J connectivity index is 2.58. The Hall–Kier alpha value is -0.0800. The van der Waals surface area contributed by atoms with E-state index in [2.05, 4.69) is 13.8 Å². The van der Waals surface area contributed by atoms with Crippen LogP contribution in [0.15, 0.2) is 0 Å². The van der Waals surface area contributed by atoms with Gasteiger partial charge in [-0.3, -0.25) is 0 Å². The van der Waals surface area contributed by atoms with Crippen LogP contribution in [0.5, 0.6) is 0 Å². The maximum absolute atomic E-state index is 9.73. The van der Waals surface area contributed by atoms with Gasteiger partial charge in [0.05, 0.1) is 12.2 Å². The summed E-state index contributed by atoms with van der Waals surface area (Å²) >= 11 is 0. The highest BCUT2D eigenvalue weighted by Gasteiger charge is 2.36. The molecule has 0 amide bonds. The van der Waals surface area contributed by atoms with E-state index in [0.29, 0.717) is 5.92 Å². The second kappa shape index (κ2) is 3.75. The summed E-state index contributed by atoms with van der Waals surface area (Å²) in [7, 11) is 0. The van der Waals surface area contributed by atoms with E-state index in [9.17, 15) is 10.2 Å². The van der Waals surface area contributed by atoms with Crippen molar-refractivity contribution >= 4 is 0 Å². The fraction of sp³-hybridized carbons (Fsp3) is 1.00. The molecule has 2 N–H and O–H groups in total. The van der Waals surface area contributed by atoms with Gasteiger partial charge in [0, 0.05) is 0 Å². The molecule has 0 bridgehead atoms. The lowest BCUT2D eigenvalue weighted by molar-refractivity contribution is -0.0832. The molecule has 1 rings (SSSR count). The fourth-order valence-electron chi connectivity index (χ4n) is 2.11. The second-order valence-electron chi connectivity index (χ2n) is 4.44. The van der Waals surface area contributed by atoms with Gasteiger partial charge in [0.1, 0.15) is 0 Å². The molecule has 0 saturated heterocycles. The SMILES string of the molecule is CC(C)[C@H]1CC[C@@H](C)[C@H](O)[C@H]1O. The third kappa shape index (κ3) is 1.80. The third-order valence-electron chi connectivity index (χ3n) is 3.18. The zero-order valence-corrected chi connectivity index (χ0v) is 8.20. The van der Waals surface area contributed by atoms with Crippen LogP contribution in [0.3, 0.4) is 0 Å². The standard InChI is InChI=1S/C10H20O2/c1-6(2)8-5-4-7(3)9(11)10(8)12/h6-12H,4-5H2,1-3H3/t7-,8-,9+,10+/m1/s1. The van der Waals surface area contributed by atoms with Crippen molar-refractivity contribution in [3.8, 4) is 0 Å². The molecule has 0 heterocycles. The van der Waals surface area contributed by atoms with Gasteiger partial charge in [0.15, 0.2) is 0 Å². The normalized spacial score (nSPS) is 43.5. The summed E-state index contributed by atoms with van der Waals surface area (Å²) in [5.41, 5.74) is 0. The molecule has 1 aliphatic rings. The minimum atomic E-state index is -0.508. The van der Waals surface area contributed by atoms with Crippen molar-refractivity contribution in [2.75, 3.05) is 0 Å². The molecule has 2 heteroatoms. The van der Waals surface area contributed by atoms with Crippen LogP contribution in [-0.2, 0) is 0 Å². The Kier molecular flexibility index (Phi) is 3.13. The van der Waals surface area contributed by atoms with Crippen LogP contribution in [-0.4, -0.2) is 22.4 Å². The van der Waals surface area contributed by atoms with Gasteiger partial charge in [0.2, 0.25) is 0 Å². The van der Waals surface area contributed by atoms with Crippen molar-refractivity contribution in [1.29, 1.82) is 0 Å². The fourth-order valence-corrected chi connectivity index (χ4v) is 2.11. The monoisotopic (exact) mass is 172 g/mol. The molecule has 0 aromatic carbocycles. The minimum absolute atomic E-state index is 0.259. The Labute approximate surface area is 74.6 Å². The van der Waals surface area contributed by atoms with Gasteiger partial charge < -0.3 is 10.2 Å². The predicted molar refractivity (Wildman–Crippen MR) is 48.7 cm³/mol. The summed E-state index contributed by atoms with van der Waals surface area (Å²) in [5.74, 6) is 1.02. The zero-order chi connectivity index (χ0) is 9.30. The highest BCUT2D eigenvalue weighted by atomic mass is 16.3. The number of aliphatic hydroxyl groups is 2. The first kappa shape index (κ1) is 10.0. The molecule has 0 spiro atoms. The molecule has 72 valence electrons. The van der Waals surface area contributed by atoms with Crippen LogP contribution in [0.25, 0.3) is 0 Å². The average Bonchev–Trinajstić information content (AvgIpc) is 2.00. The summed E-state index contributed by atoms with van der Waals surface area (Å²) in [4.78, 5) is 0. The van der Waals surface area contributed by atoms with Gasteiger partial charge >= 0.3 is 0 Å². The molecule has 0 radical (unpaired) electrons. The zero-order valence-electron chi connectivity index (χ0n) is 8.20. The largest absolute Gasteiger partial charge is 0.390 e. The Morgan fingerprint density at radius 3 is 2.17 bits per heavy atom. The van der Waals surface area contributed by atoms with E-state index in [1.165, 1.54) is 0 Å². The molecule has 0 unspecified atom stereocenters. The van der Waals surface area contributed by atoms with Crippen LogP contribution < -0.4 is 0 Å². The maximum atomic E-state index is 9.73. The van der Waals surface area contributed by atoms with E-state index >= 15 is 0 Å². The van der Waals surface area contributed by atoms with Crippen molar-refractivity contribution in [3.63, 3.8) is 0 Å². The predicted octanol–water partition coefficient (Wildman–Crippen LogP) is 1.41. The van der Waals surface area contributed by atoms with Gasteiger partial charge in [0.25, 0.3) is 0 Å². The maximum Gasteiger partial charge on any atom is 0.0832 e.